The molecule has 0 bridgehead atoms. The average molecular weight is 402 g/mol. The molecule has 0 aliphatic carbocycles. The molecule has 2 heterocycles. The van der Waals surface area contributed by atoms with Gasteiger partial charge in [-0.05, 0) is 32.4 Å². The second-order valence-electron chi connectivity index (χ2n) is 8.44. The monoisotopic (exact) mass is 402 g/mol. The van der Waals surface area contributed by atoms with E-state index in [-0.39, 0.29) is 0 Å². The summed E-state index contributed by atoms with van der Waals surface area (Å²) in [6, 6.07) is 17.5. The molecule has 6 heteroatoms. The number of aromatic nitrogens is 3. The summed E-state index contributed by atoms with van der Waals surface area (Å²) in [6.07, 6.45) is 3.34. The number of hydrogen-bond acceptors (Lipinski definition) is 2. The van der Waals surface area contributed by atoms with Crippen LogP contribution in [0.25, 0.3) is 22.2 Å². The highest BCUT2D eigenvalue weighted by Crippen LogP contribution is 2.33. The minimum Gasteiger partial charge on any atom is -0.465 e. The van der Waals surface area contributed by atoms with E-state index in [1.807, 2.05) is 81.7 Å². The number of nitrogens with one attached hydrogen (secondary N) is 2. The molecule has 154 valence electrons. The SMILES string of the molecule is CC(C)(C)N(C(=O)O)[C@H](Cc1c[nH]c2ccccc12)c1nc(-c2ccccc2)c[nH]1. The van der Waals surface area contributed by atoms with E-state index in [4.69, 9.17) is 4.98 Å². The number of carboxylic acid groups (broad SMARTS) is 1. The molecule has 0 spiro atoms. The number of benzene rings is 2. The molecule has 0 aliphatic rings. The summed E-state index contributed by atoms with van der Waals surface area (Å²) in [5, 5.41) is 11.2. The molecule has 6 nitrogen and oxygen atoms in total. The zero-order valence-corrected chi connectivity index (χ0v) is 17.4. The third-order valence-electron chi connectivity index (χ3n) is 5.31. The molecule has 0 aliphatic heterocycles. The molecule has 0 unspecified atom stereocenters. The molecule has 0 saturated carbocycles. The van der Waals surface area contributed by atoms with Crippen molar-refractivity contribution in [2.75, 3.05) is 0 Å². The van der Waals surface area contributed by atoms with Crippen molar-refractivity contribution in [1.29, 1.82) is 0 Å². The van der Waals surface area contributed by atoms with Crippen LogP contribution < -0.4 is 0 Å². The van der Waals surface area contributed by atoms with E-state index in [2.05, 4.69) is 16.0 Å². The van der Waals surface area contributed by atoms with Gasteiger partial charge in [0.25, 0.3) is 0 Å². The van der Waals surface area contributed by atoms with Crippen molar-refractivity contribution in [2.45, 2.75) is 38.8 Å². The quantitative estimate of drug-likeness (QED) is 0.405. The number of rotatable bonds is 5. The Balaban J connectivity index is 1.78. The molecule has 4 aromatic rings. The fourth-order valence-electron chi connectivity index (χ4n) is 3.97. The topological polar surface area (TPSA) is 85.0 Å². The van der Waals surface area contributed by atoms with Gasteiger partial charge in [-0.2, -0.15) is 0 Å². The van der Waals surface area contributed by atoms with Crippen LogP contribution in [0, 0.1) is 0 Å². The van der Waals surface area contributed by atoms with Crippen LogP contribution in [0.5, 0.6) is 0 Å². The van der Waals surface area contributed by atoms with Gasteiger partial charge in [0.1, 0.15) is 5.82 Å². The Bertz CT molecular complexity index is 1150. The van der Waals surface area contributed by atoms with Crippen LogP contribution in [0.1, 0.15) is 38.2 Å². The third-order valence-corrected chi connectivity index (χ3v) is 5.31. The molecule has 1 atom stereocenters. The molecule has 3 N–H and O–H groups in total. The highest BCUT2D eigenvalue weighted by atomic mass is 16.4. The molecule has 30 heavy (non-hydrogen) atoms. The summed E-state index contributed by atoms with van der Waals surface area (Å²) in [6.45, 7) is 5.72. The van der Waals surface area contributed by atoms with Crippen LogP contribution >= 0.6 is 0 Å². The van der Waals surface area contributed by atoms with E-state index in [9.17, 15) is 9.90 Å². The Morgan fingerprint density at radius 3 is 2.43 bits per heavy atom. The van der Waals surface area contributed by atoms with Gasteiger partial charge in [-0.3, -0.25) is 4.90 Å². The zero-order chi connectivity index (χ0) is 21.3. The van der Waals surface area contributed by atoms with Crippen molar-refractivity contribution >= 4 is 17.0 Å². The summed E-state index contributed by atoms with van der Waals surface area (Å²) in [5.74, 6) is 0.636. The fraction of sp³-hybridized carbons (Fsp3) is 0.250. The number of nitrogens with zero attached hydrogens (tertiary/aromatic N) is 2. The standard InChI is InChI=1S/C24H26N4O2/c1-24(2,3)28(23(29)30)21(13-17-14-25-19-12-8-7-11-18(17)19)22-26-15-20(27-22)16-9-5-4-6-10-16/h4-12,14-15,21,25H,13H2,1-3H3,(H,26,27)(H,29,30)/t21-/m1/s1. The van der Waals surface area contributed by atoms with Gasteiger partial charge in [0.2, 0.25) is 0 Å². The molecule has 0 saturated heterocycles. The highest BCUT2D eigenvalue weighted by molar-refractivity contribution is 5.83. The maximum atomic E-state index is 12.3. The summed E-state index contributed by atoms with van der Waals surface area (Å²) in [5.41, 5.74) is 3.29. The summed E-state index contributed by atoms with van der Waals surface area (Å²) < 4.78 is 0. The number of carbonyl (C=O) groups is 1. The maximum absolute atomic E-state index is 12.3. The first-order chi connectivity index (χ1) is 14.3. The molecule has 2 aromatic heterocycles. The lowest BCUT2D eigenvalue weighted by atomic mass is 9.97. The Kier molecular flexibility index (Phi) is 5.08. The predicted octanol–water partition coefficient (Wildman–Crippen LogP) is 5.62. The lowest BCUT2D eigenvalue weighted by molar-refractivity contribution is 0.0671. The normalized spacial score (nSPS) is 12.8. The summed E-state index contributed by atoms with van der Waals surface area (Å²) in [4.78, 5) is 25.1. The van der Waals surface area contributed by atoms with Crippen molar-refractivity contribution in [3.8, 4) is 11.3 Å². The lowest BCUT2D eigenvalue weighted by Crippen LogP contribution is -2.48. The number of hydrogen-bond donors (Lipinski definition) is 3. The Labute approximate surface area is 175 Å². The number of amides is 1. The molecular weight excluding hydrogens is 376 g/mol. The predicted molar refractivity (Wildman–Crippen MR) is 118 cm³/mol. The minimum atomic E-state index is -0.968. The van der Waals surface area contributed by atoms with Gasteiger partial charge in [-0.25, -0.2) is 9.78 Å². The summed E-state index contributed by atoms with van der Waals surface area (Å²) in [7, 11) is 0. The van der Waals surface area contributed by atoms with Crippen LogP contribution in [-0.4, -0.2) is 36.6 Å². The van der Waals surface area contributed by atoms with Gasteiger partial charge < -0.3 is 15.1 Å². The number of H-pyrrole nitrogens is 2. The smallest absolute Gasteiger partial charge is 0.408 e. The average Bonchev–Trinajstić information content (AvgIpc) is 3.34. The first-order valence-electron chi connectivity index (χ1n) is 10.0. The van der Waals surface area contributed by atoms with Gasteiger partial charge in [-0.1, -0.05) is 48.5 Å². The van der Waals surface area contributed by atoms with E-state index in [1.165, 1.54) is 4.90 Å². The third kappa shape index (κ3) is 3.81. The van der Waals surface area contributed by atoms with E-state index in [1.54, 1.807) is 0 Å². The van der Waals surface area contributed by atoms with Crippen molar-refractivity contribution in [3.63, 3.8) is 0 Å². The Morgan fingerprint density at radius 2 is 1.73 bits per heavy atom. The summed E-state index contributed by atoms with van der Waals surface area (Å²) >= 11 is 0. The van der Waals surface area contributed by atoms with Gasteiger partial charge in [-0.15, -0.1) is 0 Å². The van der Waals surface area contributed by atoms with Crippen LogP contribution in [0.4, 0.5) is 4.79 Å². The van der Waals surface area contributed by atoms with Crippen molar-refractivity contribution in [3.05, 3.63) is 78.4 Å². The van der Waals surface area contributed by atoms with Crippen molar-refractivity contribution in [2.24, 2.45) is 0 Å². The van der Waals surface area contributed by atoms with Crippen molar-refractivity contribution < 1.29 is 9.90 Å². The fourth-order valence-corrected chi connectivity index (χ4v) is 3.97. The minimum absolute atomic E-state index is 0.459. The van der Waals surface area contributed by atoms with Gasteiger partial charge in [0, 0.05) is 40.8 Å². The molecule has 2 aromatic carbocycles. The largest absolute Gasteiger partial charge is 0.465 e. The first-order valence-corrected chi connectivity index (χ1v) is 10.0. The molecule has 1 amide bonds. The van der Waals surface area contributed by atoms with Gasteiger partial charge in [0.05, 0.1) is 11.7 Å². The number of fused-ring (bicyclic) bond motifs is 1. The van der Waals surface area contributed by atoms with E-state index in [0.29, 0.717) is 12.2 Å². The molecular formula is C24H26N4O2. The second kappa shape index (κ2) is 7.71. The first kappa shape index (κ1) is 19.8. The Hall–Kier alpha value is -3.54. The van der Waals surface area contributed by atoms with Crippen LogP contribution in [0.3, 0.4) is 0 Å². The second-order valence-corrected chi connectivity index (χ2v) is 8.44. The Morgan fingerprint density at radius 1 is 1.03 bits per heavy atom. The lowest BCUT2D eigenvalue weighted by Gasteiger charge is -2.38. The number of para-hydroxylation sites is 1. The molecule has 0 radical (unpaired) electrons. The van der Waals surface area contributed by atoms with Gasteiger partial charge >= 0.3 is 6.09 Å². The molecule has 4 rings (SSSR count). The van der Waals surface area contributed by atoms with Crippen LogP contribution in [0.2, 0.25) is 0 Å². The molecule has 0 fully saturated rings. The van der Waals surface area contributed by atoms with E-state index in [0.717, 1.165) is 27.7 Å². The van der Waals surface area contributed by atoms with Gasteiger partial charge in [0.15, 0.2) is 0 Å². The number of imidazole rings is 1. The maximum Gasteiger partial charge on any atom is 0.408 e. The van der Waals surface area contributed by atoms with E-state index < -0.39 is 17.7 Å². The zero-order valence-electron chi connectivity index (χ0n) is 17.4. The van der Waals surface area contributed by atoms with E-state index >= 15 is 0 Å². The van der Waals surface area contributed by atoms with Crippen LogP contribution in [-0.2, 0) is 6.42 Å². The van der Waals surface area contributed by atoms with Crippen molar-refractivity contribution in [1.82, 2.24) is 19.9 Å². The van der Waals surface area contributed by atoms with Crippen LogP contribution in [0.15, 0.2) is 67.0 Å². The number of aromatic amines is 2. The highest BCUT2D eigenvalue weighted by Gasteiger charge is 2.36.